The number of halogens is 2. The van der Waals surface area contributed by atoms with Gasteiger partial charge in [0.15, 0.2) is 5.69 Å². The normalized spacial score (nSPS) is 17.6. The summed E-state index contributed by atoms with van der Waals surface area (Å²) in [4.78, 5) is 16.8. The zero-order valence-electron chi connectivity index (χ0n) is 15.9. The van der Waals surface area contributed by atoms with Gasteiger partial charge in [-0.1, -0.05) is 22.9 Å². The molecule has 0 aliphatic carbocycles. The van der Waals surface area contributed by atoms with Crippen molar-refractivity contribution in [2.75, 3.05) is 26.7 Å². The van der Waals surface area contributed by atoms with Crippen molar-refractivity contribution in [3.63, 3.8) is 0 Å². The van der Waals surface area contributed by atoms with Crippen LogP contribution < -0.4 is 0 Å². The van der Waals surface area contributed by atoms with Crippen molar-refractivity contribution < 1.29 is 9.18 Å². The summed E-state index contributed by atoms with van der Waals surface area (Å²) in [5.74, 6) is -0.0494. The van der Waals surface area contributed by atoms with Crippen molar-refractivity contribution in [3.8, 4) is 0 Å². The van der Waals surface area contributed by atoms with E-state index < -0.39 is 0 Å². The van der Waals surface area contributed by atoms with E-state index >= 15 is 0 Å². The van der Waals surface area contributed by atoms with Crippen LogP contribution in [-0.4, -0.2) is 63.4 Å². The summed E-state index contributed by atoms with van der Waals surface area (Å²) in [6.07, 6.45) is 2.71. The minimum atomic E-state index is -0.386. The Balaban J connectivity index is 1.59. The van der Waals surface area contributed by atoms with E-state index in [1.54, 1.807) is 24.2 Å². The zero-order chi connectivity index (χ0) is 19.6. The van der Waals surface area contributed by atoms with E-state index in [0.29, 0.717) is 35.8 Å². The molecule has 8 heteroatoms. The molecule has 3 rings (SSSR count). The second kappa shape index (κ2) is 8.35. The molecule has 0 bridgehead atoms. The number of hydrogen-bond donors (Lipinski definition) is 0. The van der Waals surface area contributed by atoms with Crippen LogP contribution in [0.3, 0.4) is 0 Å². The Kier molecular flexibility index (Phi) is 6.11. The Bertz CT molecular complexity index is 809. The van der Waals surface area contributed by atoms with Gasteiger partial charge < -0.3 is 9.80 Å². The number of amides is 1. The average Bonchev–Trinajstić information content (AvgIpc) is 3.26. The molecule has 1 aliphatic rings. The van der Waals surface area contributed by atoms with Crippen molar-refractivity contribution in [1.29, 1.82) is 0 Å². The highest BCUT2D eigenvalue weighted by Gasteiger charge is 2.27. The van der Waals surface area contributed by atoms with Crippen LogP contribution in [0.4, 0.5) is 4.39 Å². The summed E-state index contributed by atoms with van der Waals surface area (Å²) in [5, 5.41) is 8.32. The molecule has 1 aliphatic heterocycles. The smallest absolute Gasteiger partial charge is 0.275 e. The molecule has 1 saturated heterocycles. The van der Waals surface area contributed by atoms with E-state index in [0.717, 1.165) is 25.1 Å². The van der Waals surface area contributed by atoms with Gasteiger partial charge in [-0.25, -0.2) is 9.07 Å². The van der Waals surface area contributed by atoms with E-state index in [-0.39, 0.29) is 11.7 Å². The fraction of sp³-hybridized carbons (Fsp3) is 0.526. The lowest BCUT2D eigenvalue weighted by atomic mass is 10.1. The topological polar surface area (TPSA) is 54.3 Å². The van der Waals surface area contributed by atoms with Gasteiger partial charge in [0.05, 0.1) is 12.7 Å². The summed E-state index contributed by atoms with van der Waals surface area (Å²) in [6, 6.07) is 4.75. The van der Waals surface area contributed by atoms with Crippen LogP contribution in [0, 0.1) is 11.7 Å². The lowest BCUT2D eigenvalue weighted by Gasteiger charge is -2.22. The Labute approximate surface area is 163 Å². The quantitative estimate of drug-likeness (QED) is 0.757. The molecular weight excluding hydrogens is 369 g/mol. The van der Waals surface area contributed by atoms with Crippen molar-refractivity contribution in [1.82, 2.24) is 24.8 Å². The highest BCUT2D eigenvalue weighted by atomic mass is 35.5. The molecule has 146 valence electrons. The number of hydrogen-bond acceptors (Lipinski definition) is 4. The van der Waals surface area contributed by atoms with Crippen LogP contribution in [0.1, 0.15) is 36.3 Å². The summed E-state index contributed by atoms with van der Waals surface area (Å²) >= 11 is 6.05. The molecule has 1 atom stereocenters. The van der Waals surface area contributed by atoms with E-state index in [1.165, 1.54) is 16.8 Å². The van der Waals surface area contributed by atoms with Crippen LogP contribution >= 0.6 is 11.6 Å². The monoisotopic (exact) mass is 393 g/mol. The highest BCUT2D eigenvalue weighted by Crippen LogP contribution is 2.20. The minimum absolute atomic E-state index is 0.144. The van der Waals surface area contributed by atoms with Gasteiger partial charge in [0.2, 0.25) is 0 Å². The lowest BCUT2D eigenvalue weighted by molar-refractivity contribution is 0.0766. The molecule has 0 saturated carbocycles. The van der Waals surface area contributed by atoms with E-state index in [4.69, 9.17) is 11.6 Å². The van der Waals surface area contributed by atoms with Crippen LogP contribution in [0.2, 0.25) is 5.02 Å². The molecule has 6 nitrogen and oxygen atoms in total. The third kappa shape index (κ3) is 4.84. The first-order valence-electron chi connectivity index (χ1n) is 9.17. The van der Waals surface area contributed by atoms with Crippen LogP contribution in [0.15, 0.2) is 24.4 Å². The first-order chi connectivity index (χ1) is 12.8. The fourth-order valence-electron chi connectivity index (χ4n) is 3.44. The van der Waals surface area contributed by atoms with Gasteiger partial charge in [0.25, 0.3) is 5.91 Å². The number of benzene rings is 1. The van der Waals surface area contributed by atoms with Gasteiger partial charge in [-0.2, -0.15) is 0 Å². The van der Waals surface area contributed by atoms with Crippen molar-refractivity contribution in [3.05, 3.63) is 46.5 Å². The molecule has 1 amide bonds. The number of rotatable bonds is 6. The molecular formula is C19H25ClFN5O. The SMILES string of the molecule is CC(C)N1CC[C@H](CN(C)C(=O)c2cn(Cc3ccc(F)cc3Cl)nn2)C1. The number of aromatic nitrogens is 3. The maximum atomic E-state index is 13.1. The van der Waals surface area contributed by atoms with Gasteiger partial charge in [-0.05, 0) is 50.4 Å². The average molecular weight is 394 g/mol. The van der Waals surface area contributed by atoms with Gasteiger partial charge >= 0.3 is 0 Å². The van der Waals surface area contributed by atoms with Gasteiger partial charge in [-0.15, -0.1) is 5.10 Å². The van der Waals surface area contributed by atoms with Crippen LogP contribution in [0.5, 0.6) is 0 Å². The lowest BCUT2D eigenvalue weighted by Crippen LogP contribution is -2.34. The first-order valence-corrected chi connectivity index (χ1v) is 9.55. The predicted octanol–water partition coefficient (Wildman–Crippen LogP) is 2.92. The number of carbonyl (C=O) groups excluding carboxylic acids is 1. The van der Waals surface area contributed by atoms with Crippen LogP contribution in [-0.2, 0) is 6.54 Å². The molecule has 27 heavy (non-hydrogen) atoms. The summed E-state index contributed by atoms with van der Waals surface area (Å²) < 4.78 is 14.7. The summed E-state index contributed by atoms with van der Waals surface area (Å²) in [6.45, 7) is 7.53. The molecule has 0 unspecified atom stereocenters. The first kappa shape index (κ1) is 19.8. The Morgan fingerprint density at radius 1 is 1.44 bits per heavy atom. The van der Waals surface area contributed by atoms with E-state index in [9.17, 15) is 9.18 Å². The largest absolute Gasteiger partial charge is 0.340 e. The molecule has 1 aromatic carbocycles. The minimum Gasteiger partial charge on any atom is -0.340 e. The predicted molar refractivity (Wildman–Crippen MR) is 102 cm³/mol. The van der Waals surface area contributed by atoms with Crippen molar-refractivity contribution >= 4 is 17.5 Å². The fourth-order valence-corrected chi connectivity index (χ4v) is 3.67. The van der Waals surface area contributed by atoms with Gasteiger partial charge in [0, 0.05) is 31.2 Å². The molecule has 0 radical (unpaired) electrons. The molecule has 0 N–H and O–H groups in total. The molecule has 2 aromatic rings. The maximum absolute atomic E-state index is 13.1. The third-order valence-electron chi connectivity index (χ3n) is 5.03. The highest BCUT2D eigenvalue weighted by molar-refractivity contribution is 6.31. The molecule has 1 aromatic heterocycles. The van der Waals surface area contributed by atoms with Crippen LogP contribution in [0.25, 0.3) is 0 Å². The second-order valence-electron chi connectivity index (χ2n) is 7.47. The zero-order valence-corrected chi connectivity index (χ0v) is 16.7. The van der Waals surface area contributed by atoms with Gasteiger partial charge in [0.1, 0.15) is 5.82 Å². The second-order valence-corrected chi connectivity index (χ2v) is 7.87. The Morgan fingerprint density at radius 2 is 2.22 bits per heavy atom. The Hall–Kier alpha value is -1.99. The molecule has 0 spiro atoms. The van der Waals surface area contributed by atoms with Crippen molar-refractivity contribution in [2.24, 2.45) is 5.92 Å². The van der Waals surface area contributed by atoms with E-state index in [2.05, 4.69) is 29.1 Å². The maximum Gasteiger partial charge on any atom is 0.275 e. The van der Waals surface area contributed by atoms with Gasteiger partial charge in [-0.3, -0.25) is 4.79 Å². The number of nitrogens with zero attached hydrogens (tertiary/aromatic N) is 5. The number of carbonyl (C=O) groups is 1. The molecule has 1 fully saturated rings. The summed E-state index contributed by atoms with van der Waals surface area (Å²) in [5.41, 5.74) is 1.02. The van der Waals surface area contributed by atoms with Crippen molar-refractivity contribution in [2.45, 2.75) is 32.9 Å². The molecule has 2 heterocycles. The third-order valence-corrected chi connectivity index (χ3v) is 5.38. The number of likely N-dealkylation sites (tertiary alicyclic amines) is 1. The van der Waals surface area contributed by atoms with E-state index in [1.807, 2.05) is 0 Å². The summed E-state index contributed by atoms with van der Waals surface area (Å²) in [7, 11) is 1.80. The standard InChI is InChI=1S/C19H25ClFN5O/c1-13(2)25-7-6-14(10-25)9-24(3)19(27)18-12-26(23-22-18)11-15-4-5-16(21)8-17(15)20/h4-5,8,12-14H,6-7,9-11H2,1-3H3/t14-/m1/s1. The Morgan fingerprint density at radius 3 is 2.89 bits per heavy atom.